The molecule has 0 amide bonds. The van der Waals surface area contributed by atoms with Gasteiger partial charge in [-0.25, -0.2) is 0 Å². The Bertz CT molecular complexity index is 502. The third-order valence-electron chi connectivity index (χ3n) is 3.75. The minimum atomic E-state index is -0.131. The van der Waals surface area contributed by atoms with Crippen molar-refractivity contribution in [1.82, 2.24) is 10.2 Å². The Morgan fingerprint density at radius 1 is 1.38 bits per heavy atom. The molecule has 2 rings (SSSR count). The number of nitrogens with zero attached hydrogens (tertiary/aromatic N) is 3. The number of carbonyl (C=O) groups excluding carboxylic acids is 1. The van der Waals surface area contributed by atoms with Gasteiger partial charge in [-0.2, -0.15) is 0 Å². The van der Waals surface area contributed by atoms with Crippen molar-refractivity contribution in [1.29, 1.82) is 0 Å². The number of rotatable bonds is 6. The summed E-state index contributed by atoms with van der Waals surface area (Å²) in [5.41, 5.74) is 0. The molecule has 8 heteroatoms. The number of nitrogens with one attached hydrogen (secondary N) is 1. The standard InChI is InChI=1S/C16H26N4O2S.HI/c1-3-22-15(21)7-4-8-18-16(17-2)20-11-9-19(10-12-20)14-6-5-13-23-14;/h5-6,13H,3-4,7-12H2,1-2H3,(H,17,18);1H. The molecule has 0 spiro atoms. The first kappa shape index (κ1) is 21.0. The number of piperazine rings is 1. The molecule has 0 radical (unpaired) electrons. The van der Waals surface area contributed by atoms with Crippen LogP contribution in [-0.2, 0) is 9.53 Å². The second-order valence-corrected chi connectivity index (χ2v) is 6.23. The van der Waals surface area contributed by atoms with E-state index in [9.17, 15) is 4.79 Å². The van der Waals surface area contributed by atoms with Gasteiger partial charge in [-0.3, -0.25) is 9.79 Å². The maximum atomic E-state index is 11.3. The molecule has 0 unspecified atom stereocenters. The highest BCUT2D eigenvalue weighted by Gasteiger charge is 2.20. The van der Waals surface area contributed by atoms with Crippen LogP contribution in [0.25, 0.3) is 0 Å². The van der Waals surface area contributed by atoms with Crippen molar-refractivity contribution < 1.29 is 9.53 Å². The molecule has 1 aromatic rings. The summed E-state index contributed by atoms with van der Waals surface area (Å²) in [6.45, 7) is 6.92. The van der Waals surface area contributed by atoms with Crippen LogP contribution in [0.4, 0.5) is 5.00 Å². The summed E-state index contributed by atoms with van der Waals surface area (Å²) >= 11 is 1.79. The summed E-state index contributed by atoms with van der Waals surface area (Å²) in [6, 6.07) is 4.26. The Labute approximate surface area is 165 Å². The fourth-order valence-electron chi connectivity index (χ4n) is 2.59. The molecule has 2 heterocycles. The van der Waals surface area contributed by atoms with Gasteiger partial charge in [-0.15, -0.1) is 35.3 Å². The quantitative estimate of drug-likeness (QED) is 0.230. The normalized spacial score (nSPS) is 15.0. The number of anilines is 1. The van der Waals surface area contributed by atoms with Gasteiger partial charge in [-0.05, 0) is 30.9 Å². The lowest BCUT2D eigenvalue weighted by atomic mass is 10.3. The number of hydrogen-bond acceptors (Lipinski definition) is 5. The first-order valence-electron chi connectivity index (χ1n) is 8.14. The zero-order valence-corrected chi connectivity index (χ0v) is 17.5. The summed E-state index contributed by atoms with van der Waals surface area (Å²) in [5.74, 6) is 0.786. The van der Waals surface area contributed by atoms with E-state index in [4.69, 9.17) is 4.74 Å². The number of ether oxygens (including phenoxy) is 1. The fraction of sp³-hybridized carbons (Fsp3) is 0.625. The largest absolute Gasteiger partial charge is 0.466 e. The number of esters is 1. The molecule has 1 aliphatic rings. The zero-order valence-electron chi connectivity index (χ0n) is 14.4. The molecule has 1 saturated heterocycles. The molecule has 0 aromatic carbocycles. The van der Waals surface area contributed by atoms with Crippen molar-refractivity contribution in [3.63, 3.8) is 0 Å². The molecule has 1 aliphatic heterocycles. The van der Waals surface area contributed by atoms with Gasteiger partial charge in [0.1, 0.15) is 0 Å². The number of hydrogen-bond donors (Lipinski definition) is 1. The average molecular weight is 466 g/mol. The first-order valence-corrected chi connectivity index (χ1v) is 9.02. The van der Waals surface area contributed by atoms with Gasteiger partial charge >= 0.3 is 5.97 Å². The summed E-state index contributed by atoms with van der Waals surface area (Å²) < 4.78 is 4.93. The van der Waals surface area contributed by atoms with E-state index in [0.29, 0.717) is 13.0 Å². The summed E-state index contributed by atoms with van der Waals surface area (Å²) in [5, 5.41) is 6.79. The predicted molar refractivity (Wildman–Crippen MR) is 111 cm³/mol. The summed E-state index contributed by atoms with van der Waals surface area (Å²) in [7, 11) is 1.80. The highest BCUT2D eigenvalue weighted by Crippen LogP contribution is 2.22. The van der Waals surface area contributed by atoms with Gasteiger partial charge in [0.15, 0.2) is 5.96 Å². The maximum Gasteiger partial charge on any atom is 0.305 e. The molecule has 1 aromatic heterocycles. The smallest absolute Gasteiger partial charge is 0.305 e. The Hall–Kier alpha value is -1.03. The second-order valence-electron chi connectivity index (χ2n) is 5.31. The van der Waals surface area contributed by atoms with Crippen LogP contribution in [0, 0.1) is 0 Å². The topological polar surface area (TPSA) is 57.2 Å². The third-order valence-corrected chi connectivity index (χ3v) is 4.68. The monoisotopic (exact) mass is 466 g/mol. The van der Waals surface area contributed by atoms with E-state index in [1.54, 1.807) is 18.4 Å². The van der Waals surface area contributed by atoms with E-state index in [2.05, 4.69) is 37.6 Å². The molecule has 136 valence electrons. The Kier molecular flexibility index (Phi) is 10.1. The average Bonchev–Trinajstić information content (AvgIpc) is 3.10. The Morgan fingerprint density at radius 2 is 2.12 bits per heavy atom. The number of guanidine groups is 1. The van der Waals surface area contributed by atoms with Crippen molar-refractivity contribution in [2.45, 2.75) is 19.8 Å². The molecule has 0 aliphatic carbocycles. The van der Waals surface area contributed by atoms with Gasteiger partial charge in [0.2, 0.25) is 0 Å². The second kappa shape index (κ2) is 11.5. The molecule has 24 heavy (non-hydrogen) atoms. The highest BCUT2D eigenvalue weighted by molar-refractivity contribution is 14.0. The molecule has 6 nitrogen and oxygen atoms in total. The number of thiophene rings is 1. The molecule has 1 fully saturated rings. The van der Waals surface area contributed by atoms with E-state index in [1.165, 1.54) is 5.00 Å². The summed E-state index contributed by atoms with van der Waals surface area (Å²) in [6.07, 6.45) is 1.21. The minimum Gasteiger partial charge on any atom is -0.466 e. The van der Waals surface area contributed by atoms with Crippen molar-refractivity contribution in [2.75, 3.05) is 51.3 Å². The van der Waals surface area contributed by atoms with Crippen molar-refractivity contribution >= 4 is 52.2 Å². The predicted octanol–water partition coefficient (Wildman–Crippen LogP) is 2.41. The molecule has 0 bridgehead atoms. The maximum absolute atomic E-state index is 11.3. The Morgan fingerprint density at radius 3 is 2.71 bits per heavy atom. The van der Waals surface area contributed by atoms with Crippen LogP contribution in [-0.4, -0.2) is 63.2 Å². The zero-order chi connectivity index (χ0) is 16.5. The van der Waals surface area contributed by atoms with Crippen LogP contribution in [0.5, 0.6) is 0 Å². The lowest BCUT2D eigenvalue weighted by molar-refractivity contribution is -0.143. The van der Waals surface area contributed by atoms with E-state index >= 15 is 0 Å². The SMILES string of the molecule is CCOC(=O)CCCNC(=NC)N1CCN(c2cccs2)CC1.I. The van der Waals surface area contributed by atoms with E-state index in [0.717, 1.165) is 45.1 Å². The van der Waals surface area contributed by atoms with E-state index in [1.807, 2.05) is 6.92 Å². The van der Waals surface area contributed by atoms with Crippen molar-refractivity contribution in [3.05, 3.63) is 17.5 Å². The van der Waals surface area contributed by atoms with E-state index < -0.39 is 0 Å². The van der Waals surface area contributed by atoms with Crippen molar-refractivity contribution in [2.24, 2.45) is 4.99 Å². The fourth-order valence-corrected chi connectivity index (χ4v) is 3.37. The lowest BCUT2D eigenvalue weighted by Crippen LogP contribution is -2.52. The number of carbonyl (C=O) groups is 1. The van der Waals surface area contributed by atoms with Crippen LogP contribution >= 0.6 is 35.3 Å². The van der Waals surface area contributed by atoms with Gasteiger partial charge < -0.3 is 19.9 Å². The van der Waals surface area contributed by atoms with Gasteiger partial charge in [-0.1, -0.05) is 0 Å². The summed E-state index contributed by atoms with van der Waals surface area (Å²) in [4.78, 5) is 20.3. The van der Waals surface area contributed by atoms with E-state index in [-0.39, 0.29) is 29.9 Å². The molecular formula is C16H27IN4O2S. The van der Waals surface area contributed by atoms with Crippen molar-refractivity contribution in [3.8, 4) is 0 Å². The third kappa shape index (κ3) is 6.46. The molecule has 0 saturated carbocycles. The van der Waals surface area contributed by atoms with Gasteiger partial charge in [0, 0.05) is 46.2 Å². The van der Waals surface area contributed by atoms with Crippen LogP contribution in [0.3, 0.4) is 0 Å². The van der Waals surface area contributed by atoms with Crippen LogP contribution in [0.1, 0.15) is 19.8 Å². The van der Waals surface area contributed by atoms with Gasteiger partial charge in [0.05, 0.1) is 11.6 Å². The molecule has 0 atom stereocenters. The Balaban J connectivity index is 0.00000288. The lowest BCUT2D eigenvalue weighted by Gasteiger charge is -2.37. The minimum absolute atomic E-state index is 0. The first-order chi connectivity index (χ1) is 11.2. The van der Waals surface area contributed by atoms with Gasteiger partial charge in [0.25, 0.3) is 0 Å². The molecule has 1 N–H and O–H groups in total. The van der Waals surface area contributed by atoms with Crippen LogP contribution < -0.4 is 10.2 Å². The highest BCUT2D eigenvalue weighted by atomic mass is 127. The molecular weight excluding hydrogens is 439 g/mol. The number of aliphatic imine (C=N–C) groups is 1. The van der Waals surface area contributed by atoms with Crippen LogP contribution in [0.15, 0.2) is 22.5 Å². The van der Waals surface area contributed by atoms with Crippen LogP contribution in [0.2, 0.25) is 0 Å². The number of halogens is 1.